The summed E-state index contributed by atoms with van der Waals surface area (Å²) in [6.45, 7) is 5.94. The van der Waals surface area contributed by atoms with Gasteiger partial charge in [-0.1, -0.05) is 29.8 Å². The molecule has 20 heavy (non-hydrogen) atoms. The van der Waals surface area contributed by atoms with E-state index in [9.17, 15) is 0 Å². The predicted octanol–water partition coefficient (Wildman–Crippen LogP) is 3.73. The second kappa shape index (κ2) is 6.73. The zero-order chi connectivity index (χ0) is 14.5. The Labute approximate surface area is 125 Å². The zero-order valence-electron chi connectivity index (χ0n) is 11.9. The molecule has 2 aromatic rings. The number of pyridine rings is 1. The largest absolute Gasteiger partial charge is 0.398 e. The Hall–Kier alpha value is -1.58. The van der Waals surface area contributed by atoms with Gasteiger partial charge in [0.2, 0.25) is 0 Å². The quantitative estimate of drug-likeness (QED) is 0.853. The van der Waals surface area contributed by atoms with Crippen molar-refractivity contribution < 1.29 is 0 Å². The maximum Gasteiger partial charge on any atom is 0.0634 e. The van der Waals surface area contributed by atoms with Crippen molar-refractivity contribution in [1.29, 1.82) is 0 Å². The smallest absolute Gasteiger partial charge is 0.0634 e. The number of anilines is 1. The monoisotopic (exact) mass is 289 g/mol. The van der Waals surface area contributed by atoms with Gasteiger partial charge in [-0.25, -0.2) is 0 Å². The molecule has 0 unspecified atom stereocenters. The highest BCUT2D eigenvalue weighted by Crippen LogP contribution is 2.20. The topological polar surface area (TPSA) is 42.1 Å². The van der Waals surface area contributed by atoms with E-state index in [1.54, 1.807) is 12.4 Å². The van der Waals surface area contributed by atoms with Crippen LogP contribution in [0.3, 0.4) is 0 Å². The van der Waals surface area contributed by atoms with Crippen molar-refractivity contribution in [3.8, 4) is 0 Å². The van der Waals surface area contributed by atoms with Crippen LogP contribution in [0, 0.1) is 0 Å². The van der Waals surface area contributed by atoms with Crippen LogP contribution in [0.4, 0.5) is 5.69 Å². The van der Waals surface area contributed by atoms with Crippen molar-refractivity contribution in [3.05, 3.63) is 58.9 Å². The fourth-order valence-electron chi connectivity index (χ4n) is 2.07. The minimum atomic E-state index is 0.402. The highest BCUT2D eigenvalue weighted by molar-refractivity contribution is 6.31. The molecule has 2 N–H and O–H groups in total. The highest BCUT2D eigenvalue weighted by Gasteiger charge is 2.13. The average molecular weight is 290 g/mol. The first-order valence-corrected chi connectivity index (χ1v) is 7.11. The van der Waals surface area contributed by atoms with Crippen molar-refractivity contribution in [2.75, 3.05) is 5.73 Å². The van der Waals surface area contributed by atoms with Gasteiger partial charge >= 0.3 is 0 Å². The lowest BCUT2D eigenvalue weighted by molar-refractivity contribution is 0.204. The SMILES string of the molecule is CC(C)N(Cc1ccccc1N)Cc1ccncc1Cl. The molecule has 0 spiro atoms. The molecule has 0 aliphatic heterocycles. The summed E-state index contributed by atoms with van der Waals surface area (Å²) in [6, 6.07) is 10.3. The summed E-state index contributed by atoms with van der Waals surface area (Å²) in [5, 5.41) is 0.708. The summed E-state index contributed by atoms with van der Waals surface area (Å²) < 4.78 is 0. The first kappa shape index (κ1) is 14.8. The van der Waals surface area contributed by atoms with E-state index in [1.807, 2.05) is 24.3 Å². The van der Waals surface area contributed by atoms with E-state index in [4.69, 9.17) is 17.3 Å². The van der Waals surface area contributed by atoms with E-state index < -0.39 is 0 Å². The Bertz CT molecular complexity index is 522. The number of benzene rings is 1. The molecule has 0 radical (unpaired) electrons. The third kappa shape index (κ3) is 3.71. The Morgan fingerprint density at radius 2 is 1.85 bits per heavy atom. The molecule has 0 saturated heterocycles. The van der Waals surface area contributed by atoms with E-state index in [2.05, 4.69) is 29.8 Å². The van der Waals surface area contributed by atoms with Crippen LogP contribution in [0.25, 0.3) is 0 Å². The number of hydrogen-bond donors (Lipinski definition) is 1. The van der Waals surface area contributed by atoms with Crippen LogP contribution in [0.15, 0.2) is 42.7 Å². The first-order valence-electron chi connectivity index (χ1n) is 6.73. The number of halogens is 1. The number of rotatable bonds is 5. The Balaban J connectivity index is 2.16. The summed E-state index contributed by atoms with van der Waals surface area (Å²) in [7, 11) is 0. The van der Waals surface area contributed by atoms with Gasteiger partial charge in [-0.15, -0.1) is 0 Å². The summed E-state index contributed by atoms with van der Waals surface area (Å²) in [5.74, 6) is 0. The van der Waals surface area contributed by atoms with Gasteiger partial charge in [0.25, 0.3) is 0 Å². The molecule has 0 atom stereocenters. The molecule has 1 aromatic heterocycles. The van der Waals surface area contributed by atoms with Crippen molar-refractivity contribution in [3.63, 3.8) is 0 Å². The van der Waals surface area contributed by atoms with Gasteiger partial charge < -0.3 is 5.73 Å². The molecule has 0 bridgehead atoms. The molecular formula is C16H20ClN3. The number of nitrogens with two attached hydrogens (primary N) is 1. The Kier molecular flexibility index (Phi) is 4.99. The first-order chi connectivity index (χ1) is 9.58. The molecule has 2 rings (SSSR count). The lowest BCUT2D eigenvalue weighted by Gasteiger charge is -2.27. The standard InChI is InChI=1S/C16H20ClN3/c1-12(2)20(10-13-7-8-19-9-15(13)17)11-14-5-3-4-6-16(14)18/h3-9,12H,10-11,18H2,1-2H3. The van der Waals surface area contributed by atoms with Gasteiger partial charge in [0.15, 0.2) is 0 Å². The van der Waals surface area contributed by atoms with E-state index in [1.165, 1.54) is 0 Å². The number of nitrogen functional groups attached to an aromatic ring is 1. The fraction of sp³-hybridized carbons (Fsp3) is 0.312. The van der Waals surface area contributed by atoms with Crippen molar-refractivity contribution in [1.82, 2.24) is 9.88 Å². The molecule has 0 fully saturated rings. The van der Waals surface area contributed by atoms with Crippen molar-refractivity contribution >= 4 is 17.3 Å². The average Bonchev–Trinajstić information content (AvgIpc) is 2.42. The number of hydrogen-bond acceptors (Lipinski definition) is 3. The van der Waals surface area contributed by atoms with Crippen LogP contribution >= 0.6 is 11.6 Å². The normalized spacial score (nSPS) is 11.2. The lowest BCUT2D eigenvalue weighted by Crippen LogP contribution is -2.30. The summed E-state index contributed by atoms with van der Waals surface area (Å²) in [4.78, 5) is 6.36. The predicted molar refractivity (Wildman–Crippen MR) is 84.5 cm³/mol. The van der Waals surface area contributed by atoms with Crippen LogP contribution in [-0.4, -0.2) is 15.9 Å². The highest BCUT2D eigenvalue weighted by atomic mass is 35.5. The lowest BCUT2D eigenvalue weighted by atomic mass is 10.1. The van der Waals surface area contributed by atoms with Gasteiger partial charge in [0, 0.05) is 37.2 Å². The van der Waals surface area contributed by atoms with E-state index in [-0.39, 0.29) is 0 Å². The minimum Gasteiger partial charge on any atom is -0.398 e. The fourth-order valence-corrected chi connectivity index (χ4v) is 2.25. The minimum absolute atomic E-state index is 0.402. The van der Waals surface area contributed by atoms with E-state index >= 15 is 0 Å². The van der Waals surface area contributed by atoms with Gasteiger partial charge in [0.1, 0.15) is 0 Å². The molecule has 0 saturated carbocycles. The summed E-state index contributed by atoms with van der Waals surface area (Å²) in [6.07, 6.45) is 3.46. The molecule has 3 nitrogen and oxygen atoms in total. The molecular weight excluding hydrogens is 270 g/mol. The number of aromatic nitrogens is 1. The maximum absolute atomic E-state index is 6.19. The van der Waals surface area contributed by atoms with E-state index in [0.717, 1.165) is 29.9 Å². The second-order valence-electron chi connectivity index (χ2n) is 5.16. The van der Waals surface area contributed by atoms with Gasteiger partial charge in [-0.05, 0) is 37.1 Å². The van der Waals surface area contributed by atoms with Crippen molar-refractivity contribution in [2.45, 2.75) is 33.0 Å². The van der Waals surface area contributed by atoms with Crippen LogP contribution < -0.4 is 5.73 Å². The summed E-state index contributed by atoms with van der Waals surface area (Å²) >= 11 is 6.19. The molecule has 1 aromatic carbocycles. The van der Waals surface area contributed by atoms with Gasteiger partial charge in [0.05, 0.1) is 5.02 Å². The molecule has 1 heterocycles. The number of para-hydroxylation sites is 1. The Morgan fingerprint density at radius 1 is 1.15 bits per heavy atom. The van der Waals surface area contributed by atoms with Crippen molar-refractivity contribution in [2.24, 2.45) is 0 Å². The van der Waals surface area contributed by atoms with Crippen LogP contribution in [-0.2, 0) is 13.1 Å². The molecule has 0 amide bonds. The molecule has 0 aliphatic carbocycles. The third-order valence-corrected chi connectivity index (χ3v) is 3.73. The molecule has 106 valence electrons. The third-order valence-electron chi connectivity index (χ3n) is 3.39. The van der Waals surface area contributed by atoms with Crippen LogP contribution in [0.2, 0.25) is 5.02 Å². The molecule has 4 heteroatoms. The summed E-state index contributed by atoms with van der Waals surface area (Å²) in [5.41, 5.74) is 9.09. The Morgan fingerprint density at radius 3 is 2.50 bits per heavy atom. The number of nitrogens with zero attached hydrogens (tertiary/aromatic N) is 2. The second-order valence-corrected chi connectivity index (χ2v) is 5.57. The van der Waals surface area contributed by atoms with E-state index in [0.29, 0.717) is 11.1 Å². The van der Waals surface area contributed by atoms with Gasteiger partial charge in [-0.2, -0.15) is 0 Å². The van der Waals surface area contributed by atoms with Crippen LogP contribution in [0.1, 0.15) is 25.0 Å². The maximum atomic E-state index is 6.19. The van der Waals surface area contributed by atoms with Crippen LogP contribution in [0.5, 0.6) is 0 Å². The zero-order valence-corrected chi connectivity index (χ0v) is 12.6. The molecule has 0 aliphatic rings. The van der Waals surface area contributed by atoms with Gasteiger partial charge in [-0.3, -0.25) is 9.88 Å².